The van der Waals surface area contributed by atoms with E-state index < -0.39 is 23.6 Å². The highest BCUT2D eigenvalue weighted by atomic mass is 16.2. The zero-order chi connectivity index (χ0) is 30.5. The first-order valence-corrected chi connectivity index (χ1v) is 14.6. The Labute approximate surface area is 240 Å². The number of hydrazine groups is 2. The number of hydrogen-bond donors (Lipinski definition) is 6. The first kappa shape index (κ1) is 33.9. The van der Waals surface area contributed by atoms with Crippen LogP contribution in [0.1, 0.15) is 107 Å². The highest BCUT2D eigenvalue weighted by molar-refractivity contribution is 6.35. The highest BCUT2D eigenvalue weighted by Crippen LogP contribution is 2.31. The normalized spacial score (nSPS) is 21.8. The summed E-state index contributed by atoms with van der Waals surface area (Å²) in [6.45, 7) is 17.2. The molecule has 40 heavy (non-hydrogen) atoms. The fraction of sp³-hybridized carbons (Fsp3) is 0.857. The van der Waals surface area contributed by atoms with Crippen LogP contribution < -0.4 is 33.0 Å². The van der Waals surface area contributed by atoms with Gasteiger partial charge in [0, 0.05) is 35.2 Å². The maximum absolute atomic E-state index is 12.6. The summed E-state index contributed by atoms with van der Waals surface area (Å²) in [5, 5.41) is 14.6. The van der Waals surface area contributed by atoms with Gasteiger partial charge in [0.15, 0.2) is 0 Å². The minimum atomic E-state index is -0.726. The monoisotopic (exact) mass is 566 g/mol. The first-order valence-electron chi connectivity index (χ1n) is 14.6. The van der Waals surface area contributed by atoms with Crippen LogP contribution in [0.15, 0.2) is 0 Å². The number of rotatable bonds is 9. The molecule has 0 aliphatic carbocycles. The van der Waals surface area contributed by atoms with Gasteiger partial charge in [0.05, 0.1) is 12.1 Å². The molecule has 230 valence electrons. The van der Waals surface area contributed by atoms with Crippen molar-refractivity contribution in [1.29, 1.82) is 0 Å². The summed E-state index contributed by atoms with van der Waals surface area (Å²) < 4.78 is 0. The third-order valence-electron chi connectivity index (χ3n) is 7.66. The van der Waals surface area contributed by atoms with Gasteiger partial charge < -0.3 is 21.3 Å². The second-order valence-electron chi connectivity index (χ2n) is 14.3. The summed E-state index contributed by atoms with van der Waals surface area (Å²) in [7, 11) is 0. The SMILES string of the molecule is CC1(C)CC(N(N)C(=O)C(=O)NCCCCCCNC(=O)C(=O)N(N)C2CC(C)(C)NC(C)(C)C2)CC(C)(C)N1. The zero-order valence-electron chi connectivity index (χ0n) is 25.9. The van der Waals surface area contributed by atoms with Crippen LogP contribution in [0.4, 0.5) is 0 Å². The third-order valence-corrected chi connectivity index (χ3v) is 7.66. The lowest BCUT2D eigenvalue weighted by Gasteiger charge is -2.48. The molecule has 2 saturated heterocycles. The molecule has 0 spiro atoms. The van der Waals surface area contributed by atoms with Crippen LogP contribution in [0.2, 0.25) is 0 Å². The number of carbonyl (C=O) groups is 4. The Kier molecular flexibility index (Phi) is 11.1. The summed E-state index contributed by atoms with van der Waals surface area (Å²) in [5.74, 6) is 9.30. The Morgan fingerprint density at radius 2 is 0.875 bits per heavy atom. The number of nitrogens with two attached hydrogens (primary N) is 2. The Hall–Kier alpha value is -2.28. The van der Waals surface area contributed by atoms with Gasteiger partial charge in [-0.25, -0.2) is 11.7 Å². The van der Waals surface area contributed by atoms with Gasteiger partial charge in [0.2, 0.25) is 0 Å². The highest BCUT2D eigenvalue weighted by Gasteiger charge is 2.42. The molecule has 2 heterocycles. The molecule has 8 N–H and O–H groups in total. The average Bonchev–Trinajstić information content (AvgIpc) is 2.79. The van der Waals surface area contributed by atoms with E-state index in [1.54, 1.807) is 0 Å². The molecule has 4 amide bonds. The maximum atomic E-state index is 12.6. The summed E-state index contributed by atoms with van der Waals surface area (Å²) in [5.41, 5.74) is -0.783. The van der Waals surface area contributed by atoms with E-state index in [2.05, 4.69) is 76.7 Å². The van der Waals surface area contributed by atoms with E-state index in [9.17, 15) is 19.2 Å². The quantitative estimate of drug-likeness (QED) is 0.0781. The van der Waals surface area contributed by atoms with Crippen molar-refractivity contribution in [2.45, 2.75) is 141 Å². The van der Waals surface area contributed by atoms with Crippen LogP contribution in [-0.4, -0.2) is 81.0 Å². The average molecular weight is 567 g/mol. The topological polar surface area (TPSA) is 175 Å². The molecular formula is C28H54N8O4. The van der Waals surface area contributed by atoms with E-state index in [4.69, 9.17) is 11.7 Å². The lowest BCUT2D eigenvalue weighted by Crippen LogP contribution is -2.65. The molecule has 0 aromatic heterocycles. The van der Waals surface area contributed by atoms with E-state index in [1.807, 2.05) is 0 Å². The van der Waals surface area contributed by atoms with E-state index in [-0.39, 0.29) is 34.2 Å². The van der Waals surface area contributed by atoms with Crippen molar-refractivity contribution < 1.29 is 19.2 Å². The molecule has 0 aromatic carbocycles. The molecule has 0 atom stereocenters. The van der Waals surface area contributed by atoms with Gasteiger partial charge in [0.1, 0.15) is 0 Å². The summed E-state index contributed by atoms with van der Waals surface area (Å²) in [4.78, 5) is 49.9. The fourth-order valence-electron chi connectivity index (χ4n) is 6.65. The molecular weight excluding hydrogens is 512 g/mol. The second-order valence-corrected chi connectivity index (χ2v) is 14.3. The smallest absolute Gasteiger partial charge is 0.326 e. The van der Waals surface area contributed by atoms with Crippen molar-refractivity contribution >= 4 is 23.6 Å². The van der Waals surface area contributed by atoms with Gasteiger partial charge in [-0.3, -0.25) is 29.2 Å². The van der Waals surface area contributed by atoms with Crippen LogP contribution in [0.5, 0.6) is 0 Å². The molecule has 12 nitrogen and oxygen atoms in total. The third kappa shape index (κ3) is 10.3. The Bertz CT molecular complexity index is 827. The standard InChI is InChI=1S/C28H54N8O4/c1-25(2)15-19(16-26(3,4)33-25)35(29)23(39)21(37)31-13-11-9-10-12-14-32-22(38)24(40)36(30)20-17-27(5,6)34-28(7,8)18-20/h19-20,33-34H,9-18,29-30H2,1-8H3,(H,31,37)(H,32,38). The Morgan fingerprint density at radius 3 is 1.15 bits per heavy atom. The number of piperidine rings is 2. The van der Waals surface area contributed by atoms with Gasteiger partial charge in [-0.05, 0) is 93.9 Å². The summed E-state index contributed by atoms with van der Waals surface area (Å²) in [6, 6.07) is -0.451. The van der Waals surface area contributed by atoms with E-state index in [0.29, 0.717) is 51.6 Å². The molecule has 2 rings (SSSR count). The first-order chi connectivity index (χ1) is 18.2. The van der Waals surface area contributed by atoms with Crippen molar-refractivity contribution in [2.24, 2.45) is 11.7 Å². The van der Waals surface area contributed by atoms with Crippen molar-refractivity contribution in [3.8, 4) is 0 Å². The van der Waals surface area contributed by atoms with E-state index in [0.717, 1.165) is 22.9 Å². The minimum absolute atomic E-state index is 0.196. The summed E-state index contributed by atoms with van der Waals surface area (Å²) >= 11 is 0. The van der Waals surface area contributed by atoms with Gasteiger partial charge in [-0.2, -0.15) is 0 Å². The number of amides is 4. The number of nitrogens with zero attached hydrogens (tertiary/aromatic N) is 2. The summed E-state index contributed by atoms with van der Waals surface area (Å²) in [6.07, 6.45) is 5.59. The minimum Gasteiger partial charge on any atom is -0.348 e. The predicted molar refractivity (Wildman–Crippen MR) is 155 cm³/mol. The Morgan fingerprint density at radius 1 is 0.600 bits per heavy atom. The van der Waals surface area contributed by atoms with E-state index in [1.165, 1.54) is 0 Å². The lowest BCUT2D eigenvalue weighted by molar-refractivity contribution is -0.149. The number of carbonyl (C=O) groups excluding carboxylic acids is 4. The van der Waals surface area contributed by atoms with Crippen molar-refractivity contribution in [1.82, 2.24) is 31.3 Å². The number of nitrogens with one attached hydrogen (secondary N) is 4. The lowest BCUT2D eigenvalue weighted by atomic mass is 9.79. The van der Waals surface area contributed by atoms with Crippen LogP contribution in [-0.2, 0) is 19.2 Å². The molecule has 2 aliphatic rings. The van der Waals surface area contributed by atoms with E-state index >= 15 is 0 Å². The molecule has 0 radical (unpaired) electrons. The van der Waals surface area contributed by atoms with Crippen molar-refractivity contribution in [2.75, 3.05) is 13.1 Å². The van der Waals surface area contributed by atoms with Crippen molar-refractivity contribution in [3.63, 3.8) is 0 Å². The number of hydrogen-bond acceptors (Lipinski definition) is 8. The molecule has 0 saturated carbocycles. The largest absolute Gasteiger partial charge is 0.348 e. The molecule has 0 bridgehead atoms. The maximum Gasteiger partial charge on any atom is 0.326 e. The molecule has 0 aromatic rings. The zero-order valence-corrected chi connectivity index (χ0v) is 25.9. The van der Waals surface area contributed by atoms with Gasteiger partial charge in [-0.1, -0.05) is 12.8 Å². The fourth-order valence-corrected chi connectivity index (χ4v) is 6.65. The van der Waals surface area contributed by atoms with Crippen LogP contribution in [0, 0.1) is 0 Å². The molecule has 0 unspecified atom stereocenters. The second kappa shape index (κ2) is 13.1. The van der Waals surface area contributed by atoms with Crippen LogP contribution >= 0.6 is 0 Å². The predicted octanol–water partition coefficient (Wildman–Crippen LogP) is 0.802. The van der Waals surface area contributed by atoms with Crippen molar-refractivity contribution in [3.05, 3.63) is 0 Å². The number of unbranched alkanes of at least 4 members (excludes halogenated alkanes) is 3. The molecule has 12 heteroatoms. The molecule has 2 aliphatic heterocycles. The van der Waals surface area contributed by atoms with Gasteiger partial charge >= 0.3 is 23.6 Å². The van der Waals surface area contributed by atoms with Crippen LogP contribution in [0.25, 0.3) is 0 Å². The van der Waals surface area contributed by atoms with Gasteiger partial charge in [-0.15, -0.1) is 0 Å². The Balaban J connectivity index is 1.63. The molecule has 2 fully saturated rings. The van der Waals surface area contributed by atoms with Gasteiger partial charge in [0.25, 0.3) is 0 Å². The van der Waals surface area contributed by atoms with Crippen LogP contribution in [0.3, 0.4) is 0 Å².